The van der Waals surface area contributed by atoms with E-state index in [0.717, 1.165) is 31.8 Å². The Labute approximate surface area is 116 Å². The van der Waals surface area contributed by atoms with Crippen molar-refractivity contribution in [2.45, 2.75) is 43.4 Å². The van der Waals surface area contributed by atoms with Crippen LogP contribution < -0.4 is 5.32 Å². The molecule has 0 amide bonds. The van der Waals surface area contributed by atoms with E-state index in [1.165, 1.54) is 0 Å². The Hall–Kier alpha value is -0.590. The predicted octanol–water partition coefficient (Wildman–Crippen LogP) is 3.39. The van der Waals surface area contributed by atoms with Crippen LogP contribution in [0.1, 0.15) is 31.3 Å². The molecule has 1 aliphatic rings. The molecule has 0 aliphatic carbocycles. The molecule has 0 bridgehead atoms. The van der Waals surface area contributed by atoms with Crippen LogP contribution in [0.25, 0.3) is 0 Å². The van der Waals surface area contributed by atoms with Crippen molar-refractivity contribution in [1.82, 2.24) is 5.32 Å². The van der Waals surface area contributed by atoms with Gasteiger partial charge in [-0.1, -0.05) is 11.8 Å². The molecule has 0 aromatic carbocycles. The summed E-state index contributed by atoms with van der Waals surface area (Å²) in [6, 6.07) is 3.58. The molecular formula is C13H19F2NO2S. The lowest BCUT2D eigenvalue weighted by Gasteiger charge is -2.23. The summed E-state index contributed by atoms with van der Waals surface area (Å²) in [5, 5.41) is 3.29. The first-order valence-corrected chi connectivity index (χ1v) is 7.44. The topological polar surface area (TPSA) is 34.4 Å². The van der Waals surface area contributed by atoms with Crippen molar-refractivity contribution in [1.29, 1.82) is 0 Å². The first kappa shape index (κ1) is 14.8. The van der Waals surface area contributed by atoms with Crippen LogP contribution in [0.15, 0.2) is 16.5 Å². The zero-order valence-electron chi connectivity index (χ0n) is 11.0. The van der Waals surface area contributed by atoms with Crippen molar-refractivity contribution in [3.8, 4) is 0 Å². The number of nitrogens with one attached hydrogen (secondary N) is 1. The van der Waals surface area contributed by atoms with Gasteiger partial charge in [-0.3, -0.25) is 0 Å². The summed E-state index contributed by atoms with van der Waals surface area (Å²) < 4.78 is 35.2. The summed E-state index contributed by atoms with van der Waals surface area (Å²) in [4.78, 5) is 0. The maximum absolute atomic E-state index is 12.0. The first-order valence-electron chi connectivity index (χ1n) is 6.39. The van der Waals surface area contributed by atoms with E-state index < -0.39 is 5.76 Å². The Kier molecular flexibility index (Phi) is 5.24. The summed E-state index contributed by atoms with van der Waals surface area (Å²) in [5.41, 5.74) is -0.0824. The monoisotopic (exact) mass is 291 g/mol. The number of furan rings is 1. The molecule has 1 aromatic heterocycles. The van der Waals surface area contributed by atoms with Gasteiger partial charge in [0.1, 0.15) is 11.5 Å². The summed E-state index contributed by atoms with van der Waals surface area (Å²) in [6.45, 7) is 4.29. The summed E-state index contributed by atoms with van der Waals surface area (Å²) in [7, 11) is 0. The van der Waals surface area contributed by atoms with E-state index in [1.54, 1.807) is 6.07 Å². The van der Waals surface area contributed by atoms with Gasteiger partial charge in [0.2, 0.25) is 0 Å². The van der Waals surface area contributed by atoms with E-state index in [0.29, 0.717) is 24.1 Å². The Morgan fingerprint density at radius 3 is 2.89 bits per heavy atom. The van der Waals surface area contributed by atoms with Gasteiger partial charge in [-0.2, -0.15) is 8.78 Å². The quantitative estimate of drug-likeness (QED) is 0.835. The van der Waals surface area contributed by atoms with Crippen LogP contribution in [-0.4, -0.2) is 24.5 Å². The molecule has 2 rings (SSSR count). The zero-order chi connectivity index (χ0) is 13.7. The Morgan fingerprint density at radius 2 is 2.21 bits per heavy atom. The fraction of sp³-hybridized carbons (Fsp3) is 0.692. The minimum absolute atomic E-state index is 0.0824. The number of alkyl halides is 2. The fourth-order valence-corrected chi connectivity index (χ4v) is 2.61. The van der Waals surface area contributed by atoms with E-state index in [1.807, 2.05) is 6.07 Å². The van der Waals surface area contributed by atoms with Gasteiger partial charge in [0, 0.05) is 13.2 Å². The van der Waals surface area contributed by atoms with Crippen LogP contribution in [0.3, 0.4) is 0 Å². The van der Waals surface area contributed by atoms with Crippen molar-refractivity contribution in [2.24, 2.45) is 0 Å². The van der Waals surface area contributed by atoms with Gasteiger partial charge in [0.15, 0.2) is 0 Å². The molecule has 2 heterocycles. The van der Waals surface area contributed by atoms with Gasteiger partial charge < -0.3 is 14.5 Å². The van der Waals surface area contributed by atoms with Gasteiger partial charge in [0.05, 0.1) is 17.9 Å². The summed E-state index contributed by atoms with van der Waals surface area (Å²) in [5.74, 6) is -0.790. The second kappa shape index (κ2) is 6.72. The van der Waals surface area contributed by atoms with Crippen LogP contribution >= 0.6 is 11.8 Å². The smallest absolute Gasteiger partial charge is 0.284 e. The standard InChI is InChI=1S/C13H19F2NO2S/c1-13(5-2-6-17-13)9-16-7-10-3-4-11(18-10)8-19-12(14)15/h3-4,12,16H,2,5-9H2,1H3. The number of thioether (sulfide) groups is 1. The lowest BCUT2D eigenvalue weighted by Crippen LogP contribution is -2.36. The molecule has 1 fully saturated rings. The normalized spacial score (nSPS) is 23.4. The molecule has 6 heteroatoms. The van der Waals surface area contributed by atoms with Gasteiger partial charge >= 0.3 is 0 Å². The molecule has 1 N–H and O–H groups in total. The third-order valence-electron chi connectivity index (χ3n) is 3.17. The average molecular weight is 291 g/mol. The Bertz CT molecular complexity index is 392. The maximum atomic E-state index is 12.0. The van der Waals surface area contributed by atoms with E-state index >= 15 is 0 Å². The summed E-state index contributed by atoms with van der Waals surface area (Å²) in [6.07, 6.45) is 2.17. The SMILES string of the molecule is CC1(CNCc2ccc(CSC(F)F)o2)CCCO1. The summed E-state index contributed by atoms with van der Waals surface area (Å²) >= 11 is 0.574. The molecule has 0 saturated carbocycles. The van der Waals surface area contributed by atoms with Crippen molar-refractivity contribution in [2.75, 3.05) is 13.2 Å². The van der Waals surface area contributed by atoms with Gasteiger partial charge in [0.25, 0.3) is 5.76 Å². The third-order valence-corrected chi connectivity index (χ3v) is 3.87. The molecule has 0 spiro atoms. The van der Waals surface area contributed by atoms with E-state index in [9.17, 15) is 8.78 Å². The maximum Gasteiger partial charge on any atom is 0.284 e. The molecule has 19 heavy (non-hydrogen) atoms. The average Bonchev–Trinajstić information content (AvgIpc) is 2.97. The lowest BCUT2D eigenvalue weighted by atomic mass is 10.0. The molecule has 1 unspecified atom stereocenters. The Balaban J connectivity index is 1.71. The van der Waals surface area contributed by atoms with E-state index in [4.69, 9.17) is 9.15 Å². The zero-order valence-corrected chi connectivity index (χ0v) is 11.8. The van der Waals surface area contributed by atoms with Crippen molar-refractivity contribution >= 4 is 11.8 Å². The lowest BCUT2D eigenvalue weighted by molar-refractivity contribution is 0.0204. The fourth-order valence-electron chi connectivity index (χ4n) is 2.17. The van der Waals surface area contributed by atoms with Crippen LogP contribution in [0.2, 0.25) is 0 Å². The Morgan fingerprint density at radius 1 is 1.42 bits per heavy atom. The highest BCUT2D eigenvalue weighted by molar-refractivity contribution is 7.98. The van der Waals surface area contributed by atoms with Crippen LogP contribution in [0.5, 0.6) is 0 Å². The second-order valence-electron chi connectivity index (χ2n) is 4.95. The third kappa shape index (κ3) is 4.78. The first-order chi connectivity index (χ1) is 9.07. The number of rotatable bonds is 7. The van der Waals surface area contributed by atoms with Crippen molar-refractivity contribution < 1.29 is 17.9 Å². The highest BCUT2D eigenvalue weighted by atomic mass is 32.2. The minimum Gasteiger partial charge on any atom is -0.464 e. The van der Waals surface area contributed by atoms with Crippen molar-refractivity contribution in [3.05, 3.63) is 23.7 Å². The van der Waals surface area contributed by atoms with Gasteiger partial charge in [-0.15, -0.1) is 0 Å². The largest absolute Gasteiger partial charge is 0.464 e. The molecule has 3 nitrogen and oxygen atoms in total. The predicted molar refractivity (Wildman–Crippen MR) is 71.3 cm³/mol. The number of ether oxygens (including phenoxy) is 1. The molecule has 1 aromatic rings. The molecule has 108 valence electrons. The van der Waals surface area contributed by atoms with Crippen LogP contribution in [-0.2, 0) is 17.0 Å². The number of halogens is 2. The molecule has 1 aliphatic heterocycles. The van der Waals surface area contributed by atoms with E-state index in [2.05, 4.69) is 12.2 Å². The van der Waals surface area contributed by atoms with Crippen LogP contribution in [0.4, 0.5) is 8.78 Å². The molecule has 1 saturated heterocycles. The highest BCUT2D eigenvalue weighted by Crippen LogP contribution is 2.24. The molecular weight excluding hydrogens is 272 g/mol. The number of hydrogen-bond donors (Lipinski definition) is 1. The second-order valence-corrected chi connectivity index (χ2v) is 5.92. The van der Waals surface area contributed by atoms with Gasteiger partial charge in [-0.05, 0) is 31.9 Å². The highest BCUT2D eigenvalue weighted by Gasteiger charge is 2.29. The van der Waals surface area contributed by atoms with Crippen LogP contribution in [0, 0.1) is 0 Å². The molecule has 1 atom stereocenters. The van der Waals surface area contributed by atoms with Crippen molar-refractivity contribution in [3.63, 3.8) is 0 Å². The minimum atomic E-state index is -2.36. The van der Waals surface area contributed by atoms with E-state index in [-0.39, 0.29) is 11.4 Å². The number of hydrogen-bond acceptors (Lipinski definition) is 4. The molecule has 0 radical (unpaired) electrons. The van der Waals surface area contributed by atoms with Gasteiger partial charge in [-0.25, -0.2) is 0 Å².